The molecule has 0 amide bonds. The van der Waals surface area contributed by atoms with Crippen molar-refractivity contribution in [2.75, 3.05) is 17.3 Å². The number of nitrogens with zero attached hydrogens (tertiary/aromatic N) is 3. The second-order valence-corrected chi connectivity index (χ2v) is 4.91. The molecule has 3 rings (SSSR count). The predicted octanol–water partition coefficient (Wildman–Crippen LogP) is 3.25. The fourth-order valence-corrected chi connectivity index (χ4v) is 2.51. The fraction of sp³-hybridized carbons (Fsp3) is 0.308. The van der Waals surface area contributed by atoms with Crippen LogP contribution in [0.4, 0.5) is 17.2 Å². The van der Waals surface area contributed by atoms with Crippen LogP contribution < -0.4 is 10.2 Å². The molecule has 1 aliphatic rings. The van der Waals surface area contributed by atoms with Crippen molar-refractivity contribution in [2.24, 2.45) is 0 Å². The van der Waals surface area contributed by atoms with Crippen LogP contribution in [0.2, 0.25) is 5.02 Å². The lowest BCUT2D eigenvalue weighted by Crippen LogP contribution is -2.14. The molecule has 0 bridgehead atoms. The Morgan fingerprint density at radius 2 is 2.28 bits per heavy atom. The quantitative estimate of drug-likeness (QED) is 0.856. The van der Waals surface area contributed by atoms with E-state index in [9.17, 15) is 0 Å². The molecule has 0 aliphatic carbocycles. The summed E-state index contributed by atoms with van der Waals surface area (Å²) in [5, 5.41) is 8.57. The van der Waals surface area contributed by atoms with Crippen LogP contribution in [-0.4, -0.2) is 16.8 Å². The molecule has 0 atom stereocenters. The Labute approximate surface area is 111 Å². The molecule has 0 fully saturated rings. The molecule has 1 aromatic carbocycles. The lowest BCUT2D eigenvalue weighted by molar-refractivity contribution is 0.668. The molecule has 0 radical (unpaired) electrons. The SMILES string of the molecule is CCn1ncc2c1Nc1cc(Cl)ccc1N(C)C2. The highest BCUT2D eigenvalue weighted by atomic mass is 35.5. The van der Waals surface area contributed by atoms with E-state index in [-0.39, 0.29) is 0 Å². The zero-order valence-corrected chi connectivity index (χ0v) is 11.2. The van der Waals surface area contributed by atoms with Gasteiger partial charge < -0.3 is 10.2 Å². The van der Waals surface area contributed by atoms with E-state index in [1.54, 1.807) is 0 Å². The van der Waals surface area contributed by atoms with Crippen LogP contribution in [0, 0.1) is 0 Å². The Bertz CT molecular complexity index is 591. The normalized spacial score (nSPS) is 13.6. The fourth-order valence-electron chi connectivity index (χ4n) is 2.33. The van der Waals surface area contributed by atoms with E-state index >= 15 is 0 Å². The summed E-state index contributed by atoms with van der Waals surface area (Å²) in [6, 6.07) is 5.91. The number of fused-ring (bicyclic) bond motifs is 2. The van der Waals surface area contributed by atoms with Crippen molar-refractivity contribution < 1.29 is 0 Å². The predicted molar refractivity (Wildman–Crippen MR) is 74.7 cm³/mol. The zero-order valence-electron chi connectivity index (χ0n) is 10.4. The summed E-state index contributed by atoms with van der Waals surface area (Å²) >= 11 is 6.07. The van der Waals surface area contributed by atoms with Crippen LogP contribution in [0.25, 0.3) is 0 Å². The third-order valence-electron chi connectivity index (χ3n) is 3.25. The van der Waals surface area contributed by atoms with Gasteiger partial charge in [0.1, 0.15) is 5.82 Å². The lowest BCUT2D eigenvalue weighted by Gasteiger charge is -2.18. The molecule has 4 nitrogen and oxygen atoms in total. The largest absolute Gasteiger partial charge is 0.368 e. The van der Waals surface area contributed by atoms with Crippen LogP contribution in [0.1, 0.15) is 12.5 Å². The Morgan fingerprint density at radius 1 is 1.44 bits per heavy atom. The third-order valence-corrected chi connectivity index (χ3v) is 3.48. The maximum Gasteiger partial charge on any atom is 0.133 e. The van der Waals surface area contributed by atoms with Gasteiger partial charge in [-0.3, -0.25) is 0 Å². The number of anilines is 3. The van der Waals surface area contributed by atoms with Crippen molar-refractivity contribution in [3.05, 3.63) is 35.0 Å². The van der Waals surface area contributed by atoms with Crippen LogP contribution in [0.5, 0.6) is 0 Å². The van der Waals surface area contributed by atoms with E-state index < -0.39 is 0 Å². The molecule has 1 aromatic heterocycles. The van der Waals surface area contributed by atoms with Gasteiger partial charge in [0.15, 0.2) is 0 Å². The van der Waals surface area contributed by atoms with E-state index in [4.69, 9.17) is 11.6 Å². The topological polar surface area (TPSA) is 33.1 Å². The molecule has 2 heterocycles. The summed E-state index contributed by atoms with van der Waals surface area (Å²) < 4.78 is 1.97. The van der Waals surface area contributed by atoms with E-state index in [1.165, 1.54) is 5.56 Å². The van der Waals surface area contributed by atoms with E-state index in [1.807, 2.05) is 29.1 Å². The number of hydrogen-bond donors (Lipinski definition) is 1. The zero-order chi connectivity index (χ0) is 12.7. The Balaban J connectivity index is 2.14. The standard InChI is InChI=1S/C13H15ClN4/c1-3-18-13-9(7-15-18)8-17(2)12-5-4-10(14)6-11(12)16-13/h4-7,16H,3,8H2,1-2H3. The number of aromatic nitrogens is 2. The van der Waals surface area contributed by atoms with Crippen molar-refractivity contribution in [1.82, 2.24) is 9.78 Å². The van der Waals surface area contributed by atoms with Gasteiger partial charge in [-0.25, -0.2) is 4.68 Å². The van der Waals surface area contributed by atoms with Crippen molar-refractivity contribution in [3.8, 4) is 0 Å². The first-order valence-electron chi connectivity index (χ1n) is 6.01. The van der Waals surface area contributed by atoms with E-state index in [2.05, 4.69) is 29.3 Å². The van der Waals surface area contributed by atoms with Gasteiger partial charge in [0.25, 0.3) is 0 Å². The average Bonchev–Trinajstić information content (AvgIpc) is 2.65. The summed E-state index contributed by atoms with van der Waals surface area (Å²) in [5.74, 6) is 1.06. The number of halogens is 1. The minimum absolute atomic E-state index is 0.737. The molecule has 18 heavy (non-hydrogen) atoms. The highest BCUT2D eigenvalue weighted by Gasteiger charge is 2.19. The monoisotopic (exact) mass is 262 g/mol. The molecular formula is C13H15ClN4. The number of benzene rings is 1. The maximum absolute atomic E-state index is 6.07. The summed E-state index contributed by atoms with van der Waals surface area (Å²) in [7, 11) is 2.08. The number of hydrogen-bond acceptors (Lipinski definition) is 3. The Hall–Kier alpha value is -1.68. The molecule has 0 unspecified atom stereocenters. The van der Waals surface area contributed by atoms with Gasteiger partial charge in [0, 0.05) is 30.7 Å². The smallest absolute Gasteiger partial charge is 0.133 e. The molecule has 2 aromatic rings. The van der Waals surface area contributed by atoms with Gasteiger partial charge in [-0.15, -0.1) is 0 Å². The maximum atomic E-state index is 6.07. The summed E-state index contributed by atoms with van der Waals surface area (Å²) in [6.45, 7) is 3.78. The second kappa shape index (κ2) is 4.21. The van der Waals surface area contributed by atoms with Crippen LogP contribution >= 0.6 is 11.6 Å². The molecule has 0 spiro atoms. The molecule has 1 N–H and O–H groups in total. The minimum Gasteiger partial charge on any atom is -0.368 e. The number of rotatable bonds is 1. The summed E-state index contributed by atoms with van der Waals surface area (Å²) in [4.78, 5) is 2.20. The van der Waals surface area contributed by atoms with Gasteiger partial charge in [-0.05, 0) is 25.1 Å². The first-order chi connectivity index (χ1) is 8.69. The molecule has 0 saturated carbocycles. The molecular weight excluding hydrogens is 248 g/mol. The van der Waals surface area contributed by atoms with E-state index in [0.29, 0.717) is 0 Å². The van der Waals surface area contributed by atoms with Gasteiger partial charge in [-0.2, -0.15) is 5.10 Å². The van der Waals surface area contributed by atoms with Crippen molar-refractivity contribution >= 4 is 28.8 Å². The average molecular weight is 263 g/mol. The second-order valence-electron chi connectivity index (χ2n) is 4.48. The number of aryl methyl sites for hydroxylation is 1. The summed E-state index contributed by atoms with van der Waals surface area (Å²) in [5.41, 5.74) is 3.38. The number of nitrogens with one attached hydrogen (secondary N) is 1. The highest BCUT2D eigenvalue weighted by molar-refractivity contribution is 6.31. The highest BCUT2D eigenvalue weighted by Crippen LogP contribution is 2.36. The van der Waals surface area contributed by atoms with Gasteiger partial charge >= 0.3 is 0 Å². The molecule has 94 valence electrons. The first kappa shape index (κ1) is 11.4. The summed E-state index contributed by atoms with van der Waals surface area (Å²) in [6.07, 6.45) is 1.93. The van der Waals surface area contributed by atoms with Crippen molar-refractivity contribution in [2.45, 2.75) is 20.0 Å². The van der Waals surface area contributed by atoms with Crippen LogP contribution in [-0.2, 0) is 13.1 Å². The Morgan fingerprint density at radius 3 is 3.06 bits per heavy atom. The van der Waals surface area contributed by atoms with Crippen LogP contribution in [0.3, 0.4) is 0 Å². The van der Waals surface area contributed by atoms with Gasteiger partial charge in [0.05, 0.1) is 17.6 Å². The van der Waals surface area contributed by atoms with Gasteiger partial charge in [-0.1, -0.05) is 11.6 Å². The minimum atomic E-state index is 0.737. The van der Waals surface area contributed by atoms with Crippen molar-refractivity contribution in [3.63, 3.8) is 0 Å². The molecule has 5 heteroatoms. The molecule has 0 saturated heterocycles. The van der Waals surface area contributed by atoms with Crippen LogP contribution in [0.15, 0.2) is 24.4 Å². The lowest BCUT2D eigenvalue weighted by atomic mass is 10.2. The third kappa shape index (κ3) is 1.73. The first-order valence-corrected chi connectivity index (χ1v) is 6.39. The Kier molecular flexibility index (Phi) is 2.67. The van der Waals surface area contributed by atoms with Gasteiger partial charge in [0.2, 0.25) is 0 Å². The van der Waals surface area contributed by atoms with E-state index in [0.717, 1.165) is 35.3 Å². The molecule has 1 aliphatic heterocycles. The van der Waals surface area contributed by atoms with Crippen molar-refractivity contribution in [1.29, 1.82) is 0 Å².